The molecule has 6 nitrogen and oxygen atoms in total. The number of nitrogens with one attached hydrogen (secondary N) is 1. The summed E-state index contributed by atoms with van der Waals surface area (Å²) in [5, 5.41) is 5.30. The molecule has 4 aromatic rings. The molecule has 29 heavy (non-hydrogen) atoms. The summed E-state index contributed by atoms with van der Waals surface area (Å²) < 4.78 is 12.8. The Labute approximate surface area is 184 Å². The number of halogens is 2. The Bertz CT molecular complexity index is 1110. The van der Waals surface area contributed by atoms with E-state index in [1.165, 1.54) is 23.3 Å². The first-order valence-corrected chi connectivity index (χ1v) is 10.0. The van der Waals surface area contributed by atoms with Gasteiger partial charge in [0.2, 0.25) is 0 Å². The van der Waals surface area contributed by atoms with Crippen LogP contribution in [0.2, 0.25) is 0 Å². The van der Waals surface area contributed by atoms with E-state index in [9.17, 15) is 0 Å². The third-order valence-corrected chi connectivity index (χ3v) is 6.41. The minimum absolute atomic E-state index is 0. The molecule has 5 heterocycles. The summed E-state index contributed by atoms with van der Waals surface area (Å²) in [5.74, 6) is 0.729. The number of piperazine rings is 1. The SMILES string of the molecule is Cl.Cl.c1cnc2nc(Oc3ccc4c(CN5C[C@@H]6C[C@H]5CN6)coc4c3)sc2c1. The Morgan fingerprint density at radius 2 is 2.21 bits per heavy atom. The highest BCUT2D eigenvalue weighted by Gasteiger charge is 2.37. The van der Waals surface area contributed by atoms with E-state index < -0.39 is 0 Å². The van der Waals surface area contributed by atoms with Gasteiger partial charge < -0.3 is 14.5 Å². The molecule has 2 bridgehead atoms. The molecule has 3 aromatic heterocycles. The van der Waals surface area contributed by atoms with Gasteiger partial charge in [-0.2, -0.15) is 4.98 Å². The van der Waals surface area contributed by atoms with E-state index in [1.54, 1.807) is 6.20 Å². The van der Waals surface area contributed by atoms with Crippen molar-refractivity contribution in [3.63, 3.8) is 0 Å². The molecule has 2 aliphatic heterocycles. The second-order valence-electron chi connectivity index (χ2n) is 7.25. The molecule has 9 heteroatoms. The van der Waals surface area contributed by atoms with Crippen LogP contribution in [0.3, 0.4) is 0 Å². The molecule has 0 radical (unpaired) electrons. The Kier molecular flexibility index (Phi) is 5.68. The number of fused-ring (bicyclic) bond motifs is 4. The fourth-order valence-corrected chi connectivity index (χ4v) is 5.00. The van der Waals surface area contributed by atoms with E-state index in [0.717, 1.165) is 41.1 Å². The normalized spacial score (nSPS) is 20.7. The average Bonchev–Trinajstić information content (AvgIpc) is 3.45. The number of ether oxygens (including phenoxy) is 1. The molecule has 6 rings (SSSR count). The maximum Gasteiger partial charge on any atom is 0.281 e. The lowest BCUT2D eigenvalue weighted by Gasteiger charge is -2.26. The number of hydrogen-bond acceptors (Lipinski definition) is 7. The first-order valence-electron chi connectivity index (χ1n) is 9.19. The van der Waals surface area contributed by atoms with Gasteiger partial charge in [0.1, 0.15) is 11.3 Å². The van der Waals surface area contributed by atoms with Gasteiger partial charge in [-0.25, -0.2) is 4.98 Å². The Morgan fingerprint density at radius 1 is 1.28 bits per heavy atom. The van der Waals surface area contributed by atoms with Crippen molar-refractivity contribution in [3.8, 4) is 10.9 Å². The maximum atomic E-state index is 5.94. The number of likely N-dealkylation sites (tertiary alicyclic amines) is 1. The minimum Gasteiger partial charge on any atom is -0.464 e. The molecule has 0 unspecified atom stereocenters. The standard InChI is InChI=1S/C20H18N4O2S.2ClH/c1-2-18-19(21-5-1)23-20(27-18)26-15-3-4-16-12(11-25-17(16)7-15)9-24-10-13-6-14(24)8-22-13;;/h1-5,7,11,13-14,22H,6,8-10H2;2*1H/t13-,14-;;/m0../s1. The van der Waals surface area contributed by atoms with Crippen molar-refractivity contribution in [2.75, 3.05) is 13.1 Å². The van der Waals surface area contributed by atoms with Crippen LogP contribution in [0.5, 0.6) is 10.9 Å². The van der Waals surface area contributed by atoms with Crippen LogP contribution in [0.15, 0.2) is 47.2 Å². The van der Waals surface area contributed by atoms with Gasteiger partial charge in [-0.1, -0.05) is 11.3 Å². The summed E-state index contributed by atoms with van der Waals surface area (Å²) in [6, 6.07) is 11.2. The third kappa shape index (κ3) is 3.69. The molecule has 0 saturated carbocycles. The summed E-state index contributed by atoms with van der Waals surface area (Å²) >= 11 is 1.49. The molecule has 1 aromatic carbocycles. The van der Waals surface area contributed by atoms with Crippen LogP contribution in [0.1, 0.15) is 12.0 Å². The zero-order valence-electron chi connectivity index (χ0n) is 15.4. The molecule has 2 saturated heterocycles. The number of thiazole rings is 1. The number of hydrogen-bond donors (Lipinski definition) is 1. The lowest BCUT2D eigenvalue weighted by atomic mass is 10.1. The lowest BCUT2D eigenvalue weighted by molar-refractivity contribution is 0.218. The van der Waals surface area contributed by atoms with Crippen LogP contribution in [-0.2, 0) is 6.54 Å². The van der Waals surface area contributed by atoms with Gasteiger partial charge in [-0.15, -0.1) is 24.8 Å². The number of aromatic nitrogens is 2. The minimum atomic E-state index is 0. The number of furan rings is 1. The molecule has 0 amide bonds. The molecular formula is C20H20Cl2N4O2S. The molecule has 2 fully saturated rings. The fraction of sp³-hybridized carbons (Fsp3) is 0.300. The van der Waals surface area contributed by atoms with E-state index >= 15 is 0 Å². The largest absolute Gasteiger partial charge is 0.464 e. The van der Waals surface area contributed by atoms with Crippen LogP contribution in [0.25, 0.3) is 21.3 Å². The van der Waals surface area contributed by atoms with Gasteiger partial charge >= 0.3 is 0 Å². The lowest BCUT2D eigenvalue weighted by Crippen LogP contribution is -2.42. The van der Waals surface area contributed by atoms with Gasteiger partial charge in [0.15, 0.2) is 5.65 Å². The van der Waals surface area contributed by atoms with Crippen molar-refractivity contribution >= 4 is 57.5 Å². The first kappa shape index (κ1) is 20.4. The van der Waals surface area contributed by atoms with Gasteiger partial charge in [0.05, 0.1) is 11.0 Å². The Morgan fingerprint density at radius 3 is 3.00 bits per heavy atom. The van der Waals surface area contributed by atoms with Gasteiger partial charge in [0.25, 0.3) is 5.19 Å². The second kappa shape index (κ2) is 8.08. The van der Waals surface area contributed by atoms with Crippen molar-refractivity contribution in [1.82, 2.24) is 20.2 Å². The maximum absolute atomic E-state index is 5.94. The molecule has 1 N–H and O–H groups in total. The Balaban J connectivity index is 0.00000102. The molecule has 2 aliphatic rings. The van der Waals surface area contributed by atoms with Crippen LogP contribution < -0.4 is 10.1 Å². The summed E-state index contributed by atoms with van der Waals surface area (Å²) in [4.78, 5) is 11.2. The fourth-order valence-electron chi connectivity index (χ4n) is 4.20. The van der Waals surface area contributed by atoms with Crippen molar-refractivity contribution in [2.24, 2.45) is 0 Å². The summed E-state index contributed by atoms with van der Waals surface area (Å²) in [6.45, 7) is 3.18. The number of nitrogens with zero attached hydrogens (tertiary/aromatic N) is 3. The van der Waals surface area contributed by atoms with E-state index in [1.807, 2.05) is 30.5 Å². The molecular weight excluding hydrogens is 431 g/mol. The first-order chi connectivity index (χ1) is 13.3. The van der Waals surface area contributed by atoms with Crippen molar-refractivity contribution in [2.45, 2.75) is 25.0 Å². The van der Waals surface area contributed by atoms with E-state index in [2.05, 4.69) is 26.3 Å². The summed E-state index contributed by atoms with van der Waals surface area (Å²) in [7, 11) is 0. The topological polar surface area (TPSA) is 63.4 Å². The van der Waals surface area contributed by atoms with E-state index in [4.69, 9.17) is 9.15 Å². The molecule has 0 aliphatic carbocycles. The highest BCUT2D eigenvalue weighted by atomic mass is 35.5. The monoisotopic (exact) mass is 450 g/mol. The van der Waals surface area contributed by atoms with E-state index in [-0.39, 0.29) is 24.8 Å². The number of benzene rings is 1. The van der Waals surface area contributed by atoms with Gasteiger partial charge in [-0.05, 0) is 30.7 Å². The summed E-state index contributed by atoms with van der Waals surface area (Å²) in [6.07, 6.45) is 4.89. The highest BCUT2D eigenvalue weighted by molar-refractivity contribution is 7.20. The predicted octanol–water partition coefficient (Wildman–Crippen LogP) is 4.62. The van der Waals surface area contributed by atoms with Gasteiger partial charge in [0, 0.05) is 54.9 Å². The second-order valence-corrected chi connectivity index (χ2v) is 8.24. The number of pyridine rings is 1. The predicted molar refractivity (Wildman–Crippen MR) is 119 cm³/mol. The summed E-state index contributed by atoms with van der Waals surface area (Å²) in [5.41, 5.74) is 2.81. The third-order valence-electron chi connectivity index (χ3n) is 5.52. The Hall–Kier alpha value is -1.90. The van der Waals surface area contributed by atoms with Crippen LogP contribution in [0, 0.1) is 0 Å². The quantitative estimate of drug-likeness (QED) is 0.489. The van der Waals surface area contributed by atoms with Crippen molar-refractivity contribution in [1.29, 1.82) is 0 Å². The zero-order valence-corrected chi connectivity index (χ0v) is 17.9. The number of rotatable bonds is 4. The molecule has 152 valence electrons. The van der Waals surface area contributed by atoms with Crippen LogP contribution in [-0.4, -0.2) is 40.0 Å². The van der Waals surface area contributed by atoms with Crippen molar-refractivity contribution < 1.29 is 9.15 Å². The van der Waals surface area contributed by atoms with E-state index in [0.29, 0.717) is 22.9 Å². The van der Waals surface area contributed by atoms with Gasteiger partial charge in [-0.3, -0.25) is 4.90 Å². The zero-order chi connectivity index (χ0) is 17.8. The molecule has 2 atom stereocenters. The average molecular weight is 451 g/mol. The van der Waals surface area contributed by atoms with Crippen LogP contribution in [0.4, 0.5) is 0 Å². The smallest absolute Gasteiger partial charge is 0.281 e. The van der Waals surface area contributed by atoms with Crippen LogP contribution >= 0.6 is 36.2 Å². The molecule has 0 spiro atoms. The van der Waals surface area contributed by atoms with Crippen molar-refractivity contribution in [3.05, 3.63) is 48.4 Å². The highest BCUT2D eigenvalue weighted by Crippen LogP contribution is 2.34.